The standard InChI is InChI=1S/C22H26FN5O5/c1-13-12-28(19-10-18(29)14(2)33-19)22(32)27(21(13)31)8-7-25-5-6-26-20(30)15-3-4-17(23)16(9-15)11-24/h3-4,9,12,14,18-19,25,29H,5-8,10H2,1-2H3,(H,26,30)/t14-,18+,19?/m1/s1. The minimum absolute atomic E-state index is 0.113. The van der Waals surface area contributed by atoms with Crippen LogP contribution in [0.15, 0.2) is 34.0 Å². The third kappa shape index (κ3) is 5.54. The smallest absolute Gasteiger partial charge is 0.333 e. The van der Waals surface area contributed by atoms with Gasteiger partial charge in [0.05, 0.1) is 17.8 Å². The van der Waals surface area contributed by atoms with E-state index in [9.17, 15) is 23.9 Å². The van der Waals surface area contributed by atoms with E-state index >= 15 is 0 Å². The van der Waals surface area contributed by atoms with Gasteiger partial charge in [0.2, 0.25) is 0 Å². The number of aliphatic hydroxyl groups is 1. The molecule has 33 heavy (non-hydrogen) atoms. The molecule has 3 rings (SSSR count). The van der Waals surface area contributed by atoms with Gasteiger partial charge < -0.3 is 20.5 Å². The topological polar surface area (TPSA) is 138 Å². The molecule has 0 saturated carbocycles. The Hall–Kier alpha value is -3.33. The summed E-state index contributed by atoms with van der Waals surface area (Å²) in [7, 11) is 0. The van der Waals surface area contributed by atoms with E-state index in [0.717, 1.165) is 10.6 Å². The average molecular weight is 459 g/mol. The van der Waals surface area contributed by atoms with E-state index in [-0.39, 0.29) is 30.6 Å². The fourth-order valence-corrected chi connectivity index (χ4v) is 3.57. The van der Waals surface area contributed by atoms with Crippen LogP contribution in [0.1, 0.15) is 41.1 Å². The second kappa shape index (κ2) is 10.5. The first-order valence-corrected chi connectivity index (χ1v) is 10.6. The first kappa shape index (κ1) is 24.3. The summed E-state index contributed by atoms with van der Waals surface area (Å²) in [6, 6.07) is 5.23. The normalized spacial score (nSPS) is 19.9. The first-order valence-electron chi connectivity index (χ1n) is 10.6. The predicted molar refractivity (Wildman–Crippen MR) is 116 cm³/mol. The number of aliphatic hydroxyl groups excluding tert-OH is 1. The van der Waals surface area contributed by atoms with Crippen LogP contribution < -0.4 is 21.9 Å². The number of aryl methyl sites for hydroxylation is 1. The quantitative estimate of drug-likeness (QED) is 0.473. The zero-order valence-corrected chi connectivity index (χ0v) is 18.4. The summed E-state index contributed by atoms with van der Waals surface area (Å²) in [6.45, 7) is 4.36. The maximum absolute atomic E-state index is 13.4. The Morgan fingerprint density at radius 1 is 1.33 bits per heavy atom. The fourth-order valence-electron chi connectivity index (χ4n) is 3.57. The second-order valence-corrected chi connectivity index (χ2v) is 7.87. The molecular weight excluding hydrogens is 433 g/mol. The molecule has 11 heteroatoms. The predicted octanol–water partition coefficient (Wildman–Crippen LogP) is 0.0171. The van der Waals surface area contributed by atoms with Crippen molar-refractivity contribution >= 4 is 5.91 Å². The number of hydrogen-bond donors (Lipinski definition) is 3. The number of halogens is 1. The molecule has 1 aliphatic rings. The molecule has 1 fully saturated rings. The van der Waals surface area contributed by atoms with Crippen LogP contribution in [-0.4, -0.2) is 52.0 Å². The van der Waals surface area contributed by atoms with Gasteiger partial charge in [0.1, 0.15) is 18.1 Å². The summed E-state index contributed by atoms with van der Waals surface area (Å²) in [5.74, 6) is -1.13. The van der Waals surface area contributed by atoms with E-state index in [4.69, 9.17) is 10.00 Å². The van der Waals surface area contributed by atoms with Crippen molar-refractivity contribution in [2.75, 3.05) is 19.6 Å². The molecule has 1 aliphatic heterocycles. The number of rotatable bonds is 8. The van der Waals surface area contributed by atoms with Crippen molar-refractivity contribution in [1.82, 2.24) is 19.8 Å². The van der Waals surface area contributed by atoms with Gasteiger partial charge >= 0.3 is 5.69 Å². The highest BCUT2D eigenvalue weighted by Crippen LogP contribution is 2.27. The molecule has 176 valence electrons. The molecule has 0 radical (unpaired) electrons. The van der Waals surface area contributed by atoms with Crippen LogP contribution in [0.25, 0.3) is 0 Å². The molecule has 10 nitrogen and oxygen atoms in total. The van der Waals surface area contributed by atoms with Crippen molar-refractivity contribution < 1.29 is 19.0 Å². The lowest BCUT2D eigenvalue weighted by Crippen LogP contribution is -2.44. The molecule has 0 bridgehead atoms. The van der Waals surface area contributed by atoms with Crippen molar-refractivity contribution in [2.24, 2.45) is 0 Å². The van der Waals surface area contributed by atoms with E-state index in [0.29, 0.717) is 18.7 Å². The number of benzene rings is 1. The number of carbonyl (C=O) groups excluding carboxylic acids is 1. The van der Waals surface area contributed by atoms with Crippen molar-refractivity contribution in [3.8, 4) is 6.07 Å². The lowest BCUT2D eigenvalue weighted by atomic mass is 10.1. The Balaban J connectivity index is 1.53. The van der Waals surface area contributed by atoms with Gasteiger partial charge in [-0.3, -0.25) is 18.7 Å². The number of nitriles is 1. The molecule has 0 spiro atoms. The zero-order valence-electron chi connectivity index (χ0n) is 18.4. The van der Waals surface area contributed by atoms with Crippen molar-refractivity contribution in [1.29, 1.82) is 5.26 Å². The Bertz CT molecular complexity index is 1180. The summed E-state index contributed by atoms with van der Waals surface area (Å²) >= 11 is 0. The first-order chi connectivity index (χ1) is 15.7. The van der Waals surface area contributed by atoms with Gasteiger partial charge in [-0.25, -0.2) is 9.18 Å². The molecule has 1 amide bonds. The number of amides is 1. The van der Waals surface area contributed by atoms with Crippen LogP contribution in [0.5, 0.6) is 0 Å². The van der Waals surface area contributed by atoms with E-state index < -0.39 is 41.4 Å². The van der Waals surface area contributed by atoms with Crippen LogP contribution in [0.4, 0.5) is 4.39 Å². The Morgan fingerprint density at radius 3 is 2.76 bits per heavy atom. The highest BCUT2D eigenvalue weighted by Gasteiger charge is 2.32. The number of nitrogens with zero attached hydrogens (tertiary/aromatic N) is 3. The number of hydrogen-bond acceptors (Lipinski definition) is 7. The molecule has 1 aromatic heterocycles. The molecular formula is C22H26FN5O5. The minimum Gasteiger partial charge on any atom is -0.390 e. The van der Waals surface area contributed by atoms with Crippen LogP contribution in [0, 0.1) is 24.1 Å². The number of carbonyl (C=O) groups is 1. The van der Waals surface area contributed by atoms with Gasteiger partial charge in [-0.15, -0.1) is 0 Å². The highest BCUT2D eigenvalue weighted by atomic mass is 19.1. The van der Waals surface area contributed by atoms with Crippen LogP contribution in [0.3, 0.4) is 0 Å². The van der Waals surface area contributed by atoms with E-state index in [1.54, 1.807) is 19.9 Å². The van der Waals surface area contributed by atoms with Gasteiger partial charge in [0.25, 0.3) is 11.5 Å². The molecule has 1 unspecified atom stereocenters. The van der Waals surface area contributed by atoms with Gasteiger partial charge in [-0.05, 0) is 32.0 Å². The Labute approximate surface area is 189 Å². The average Bonchev–Trinajstić information content (AvgIpc) is 3.13. The molecule has 1 saturated heterocycles. The van der Waals surface area contributed by atoms with Crippen molar-refractivity contribution in [3.63, 3.8) is 0 Å². The third-order valence-electron chi connectivity index (χ3n) is 5.48. The molecule has 3 N–H and O–H groups in total. The summed E-state index contributed by atoms with van der Waals surface area (Å²) in [6.07, 6.45) is -0.00112. The largest absolute Gasteiger partial charge is 0.390 e. The number of aromatic nitrogens is 2. The van der Waals surface area contributed by atoms with Crippen LogP contribution >= 0.6 is 0 Å². The van der Waals surface area contributed by atoms with E-state index in [2.05, 4.69) is 10.6 Å². The lowest BCUT2D eigenvalue weighted by molar-refractivity contribution is -0.0108. The zero-order chi connectivity index (χ0) is 24.1. The Morgan fingerprint density at radius 2 is 2.09 bits per heavy atom. The van der Waals surface area contributed by atoms with Crippen LogP contribution in [0.2, 0.25) is 0 Å². The maximum atomic E-state index is 13.4. The maximum Gasteiger partial charge on any atom is 0.333 e. The van der Waals surface area contributed by atoms with Gasteiger partial charge in [0, 0.05) is 49.9 Å². The monoisotopic (exact) mass is 459 g/mol. The number of ether oxygens (including phenoxy) is 1. The van der Waals surface area contributed by atoms with Crippen LogP contribution in [-0.2, 0) is 11.3 Å². The SMILES string of the molecule is Cc1cn(C2C[C@H](O)[C@@H](C)O2)c(=O)n(CCNCCNC(=O)c2ccc(F)c(C#N)c2)c1=O. The molecule has 2 aromatic rings. The molecule has 0 aliphatic carbocycles. The van der Waals surface area contributed by atoms with Gasteiger partial charge in [-0.2, -0.15) is 5.26 Å². The lowest BCUT2D eigenvalue weighted by Gasteiger charge is -2.17. The molecule has 3 atom stereocenters. The third-order valence-corrected chi connectivity index (χ3v) is 5.48. The Kier molecular flexibility index (Phi) is 7.75. The summed E-state index contributed by atoms with van der Waals surface area (Å²) in [5.41, 5.74) is -0.565. The summed E-state index contributed by atoms with van der Waals surface area (Å²) in [4.78, 5) is 37.4. The second-order valence-electron chi connectivity index (χ2n) is 7.87. The van der Waals surface area contributed by atoms with E-state index in [1.807, 2.05) is 0 Å². The fraction of sp³-hybridized carbons (Fsp3) is 0.455. The van der Waals surface area contributed by atoms with Gasteiger partial charge in [-0.1, -0.05) is 0 Å². The molecule has 2 heterocycles. The van der Waals surface area contributed by atoms with E-state index in [1.165, 1.54) is 22.9 Å². The number of nitrogens with one attached hydrogen (secondary N) is 2. The summed E-state index contributed by atoms with van der Waals surface area (Å²) < 4.78 is 21.4. The van der Waals surface area contributed by atoms with Crippen molar-refractivity contribution in [2.45, 2.75) is 45.2 Å². The minimum atomic E-state index is -0.689. The van der Waals surface area contributed by atoms with Gasteiger partial charge in [0.15, 0.2) is 0 Å². The highest BCUT2D eigenvalue weighted by molar-refractivity contribution is 5.94. The summed E-state index contributed by atoms with van der Waals surface area (Å²) in [5, 5.41) is 24.4. The molecule has 1 aromatic carbocycles. The van der Waals surface area contributed by atoms with Crippen molar-refractivity contribution in [3.05, 3.63) is 67.7 Å².